The summed E-state index contributed by atoms with van der Waals surface area (Å²) in [6.07, 6.45) is 2.98. The Labute approximate surface area is 717 Å². The van der Waals surface area contributed by atoms with E-state index in [1.807, 2.05) is 69.2 Å². The fourth-order valence-electron chi connectivity index (χ4n) is 20.6. The fraction of sp³-hybridized carbons (Fsp3) is 0.179. The summed E-state index contributed by atoms with van der Waals surface area (Å²) >= 11 is 0. The SMILES string of the molecule is CC.CC.CC.CC.CC.CCc1ccc2c(c1)C1(c3ccccc3O2)c2ccccc2-c2ccccc21.CCc1ccc2c(c1)Oc1ccccc1C21c2ccccc2-c2ccccc21.CCc1cccc2c1C1(c3ccccc3O2)c2ccccc2-c2ccccc21.Cc1cccc2c1Oc1ccccc1C21c2ccccc2-c2ccccc21. The summed E-state index contributed by atoms with van der Waals surface area (Å²) in [5, 5.41) is 0. The van der Waals surface area contributed by atoms with Crippen LogP contribution in [0.25, 0.3) is 44.5 Å². The molecule has 0 fully saturated rings. The lowest BCUT2D eigenvalue weighted by Crippen LogP contribution is -2.33. The van der Waals surface area contributed by atoms with Crippen molar-refractivity contribution in [3.63, 3.8) is 0 Å². The van der Waals surface area contributed by atoms with Crippen LogP contribution in [0.2, 0.25) is 0 Å². The standard InChI is InChI=1S/3C27H20O.C26H18O.5C2H6/c1-2-18-10-9-17-25-26(18)27(23-15-7-8-16-24(23)28-25)21-13-5-3-11-19(21)20-12-4-6-14-22(20)27;1-2-18-15-16-26-24(17-18)27(23-13-7-8-14-25(23)28-26)21-11-5-3-9-19(21)20-10-4-6-12-22(20)27;1-2-18-15-16-24-26(17-18)28-25-14-8-7-13-23(25)27(24)21-11-5-3-9-19(21)20-10-4-6-12-22(20)27;1-17-9-8-15-23-25(17)27-24-16-7-6-14-22(24)26(23)20-12-4-2-10-18(20)19-11-3-5-13-21(19)26;5*1-2/h3*3-17H,2H2,1H3;2-16H,1H3;5*1-2H3. The molecule has 0 N–H and O–H groups in total. The van der Waals surface area contributed by atoms with Gasteiger partial charge in [0.2, 0.25) is 0 Å². The molecule has 4 nitrogen and oxygen atoms in total. The lowest BCUT2D eigenvalue weighted by Gasteiger charge is -2.40. The Bertz CT molecular complexity index is 6290. The Balaban J connectivity index is 0.000000116. The monoisotopic (exact) mass is 1580 g/mol. The van der Waals surface area contributed by atoms with E-state index in [0.29, 0.717) is 0 Å². The van der Waals surface area contributed by atoms with Crippen molar-refractivity contribution in [3.8, 4) is 90.5 Å². The van der Waals surface area contributed by atoms with Gasteiger partial charge < -0.3 is 18.9 Å². The molecular formula is C117H108O4. The average molecular weight is 1580 g/mol. The molecule has 8 aliphatic rings. The molecule has 0 atom stereocenters. The minimum atomic E-state index is -0.331. The third-order valence-electron chi connectivity index (χ3n) is 25.0. The summed E-state index contributed by atoms with van der Waals surface area (Å²) in [6, 6.07) is 131. The van der Waals surface area contributed by atoms with Gasteiger partial charge in [0, 0.05) is 44.5 Å². The zero-order chi connectivity index (χ0) is 84.2. The van der Waals surface area contributed by atoms with E-state index in [1.54, 1.807) is 0 Å². The molecule has 0 bridgehead atoms. The smallest absolute Gasteiger partial charge is 0.135 e. The van der Waals surface area contributed by atoms with Gasteiger partial charge in [0.1, 0.15) is 46.0 Å². The number of benzene rings is 16. The Kier molecular flexibility index (Phi) is 23.3. The van der Waals surface area contributed by atoms with Crippen molar-refractivity contribution < 1.29 is 18.9 Å². The molecule has 0 unspecified atom stereocenters. The number of hydrogen-bond donors (Lipinski definition) is 0. The molecule has 4 aliphatic carbocycles. The Morgan fingerprint density at radius 1 is 0.190 bits per heavy atom. The summed E-state index contributed by atoms with van der Waals surface area (Å²) in [7, 11) is 0. The van der Waals surface area contributed by atoms with E-state index in [4.69, 9.17) is 18.9 Å². The Hall–Kier alpha value is -13.3. The molecule has 0 radical (unpaired) electrons. The molecule has 4 heterocycles. The van der Waals surface area contributed by atoms with E-state index in [-0.39, 0.29) is 21.7 Å². The van der Waals surface area contributed by atoms with E-state index < -0.39 is 0 Å². The molecular weight excluding hydrogens is 1470 g/mol. The highest BCUT2D eigenvalue weighted by molar-refractivity contribution is 5.93. The highest BCUT2D eigenvalue weighted by Crippen LogP contribution is 2.67. The van der Waals surface area contributed by atoms with Crippen LogP contribution in [-0.4, -0.2) is 0 Å². The van der Waals surface area contributed by atoms with Crippen LogP contribution >= 0.6 is 0 Å². The molecule has 0 saturated heterocycles. The van der Waals surface area contributed by atoms with E-state index in [1.165, 1.54) is 156 Å². The second kappa shape index (κ2) is 34.6. The molecule has 16 aromatic rings. The van der Waals surface area contributed by atoms with Gasteiger partial charge in [-0.1, -0.05) is 412 Å². The largest absolute Gasteiger partial charge is 0.457 e. The normalized spacial score (nSPS) is 13.7. The van der Waals surface area contributed by atoms with Gasteiger partial charge in [-0.15, -0.1) is 0 Å². The first-order valence-electron chi connectivity index (χ1n) is 44.2. The summed E-state index contributed by atoms with van der Waals surface area (Å²) in [6.45, 7) is 28.8. The van der Waals surface area contributed by atoms with Crippen molar-refractivity contribution in [2.45, 2.75) is 138 Å². The van der Waals surface area contributed by atoms with Gasteiger partial charge in [-0.05, 0) is 180 Å². The molecule has 4 spiro atoms. The van der Waals surface area contributed by atoms with Crippen molar-refractivity contribution in [1.82, 2.24) is 0 Å². The molecule has 600 valence electrons. The summed E-state index contributed by atoms with van der Waals surface area (Å²) in [5.41, 5.74) is 35.1. The molecule has 4 aliphatic heterocycles. The molecule has 4 heteroatoms. The lowest BCUT2D eigenvalue weighted by molar-refractivity contribution is 0.433. The molecule has 16 aromatic carbocycles. The predicted octanol–water partition coefficient (Wildman–Crippen LogP) is 31.7. The van der Waals surface area contributed by atoms with Crippen LogP contribution in [0.3, 0.4) is 0 Å². The topological polar surface area (TPSA) is 36.9 Å². The van der Waals surface area contributed by atoms with E-state index in [2.05, 4.69) is 392 Å². The number of para-hydroxylation sites is 5. The van der Waals surface area contributed by atoms with Gasteiger partial charge in [0.25, 0.3) is 0 Å². The highest BCUT2D eigenvalue weighted by atomic mass is 16.5. The van der Waals surface area contributed by atoms with E-state index in [9.17, 15) is 0 Å². The van der Waals surface area contributed by atoms with Crippen molar-refractivity contribution >= 4 is 0 Å². The Morgan fingerprint density at radius 3 is 0.826 bits per heavy atom. The predicted molar refractivity (Wildman–Crippen MR) is 505 cm³/mol. The van der Waals surface area contributed by atoms with Gasteiger partial charge in [0.15, 0.2) is 0 Å². The first-order chi connectivity index (χ1) is 59.8. The second-order valence-electron chi connectivity index (χ2n) is 30.2. The third kappa shape index (κ3) is 12.4. The Morgan fingerprint density at radius 2 is 0.446 bits per heavy atom. The van der Waals surface area contributed by atoms with E-state index in [0.717, 1.165) is 65.3 Å². The van der Waals surface area contributed by atoms with Crippen LogP contribution in [0, 0.1) is 6.92 Å². The van der Waals surface area contributed by atoms with Crippen molar-refractivity contribution in [3.05, 3.63) is 475 Å². The van der Waals surface area contributed by atoms with Gasteiger partial charge in [-0.2, -0.15) is 0 Å². The highest BCUT2D eigenvalue weighted by Gasteiger charge is 2.56. The van der Waals surface area contributed by atoms with Gasteiger partial charge >= 0.3 is 0 Å². The maximum atomic E-state index is 6.44. The van der Waals surface area contributed by atoms with Crippen molar-refractivity contribution in [2.24, 2.45) is 0 Å². The third-order valence-corrected chi connectivity index (χ3v) is 25.0. The number of rotatable bonds is 3. The van der Waals surface area contributed by atoms with Crippen LogP contribution in [0.1, 0.15) is 201 Å². The minimum absolute atomic E-state index is 0.329. The lowest BCUT2D eigenvalue weighted by atomic mass is 9.64. The van der Waals surface area contributed by atoms with Crippen LogP contribution in [0.15, 0.2) is 364 Å². The number of hydrogen-bond acceptors (Lipinski definition) is 4. The molecule has 121 heavy (non-hydrogen) atoms. The van der Waals surface area contributed by atoms with E-state index >= 15 is 0 Å². The van der Waals surface area contributed by atoms with Crippen LogP contribution in [0.4, 0.5) is 0 Å². The fourth-order valence-corrected chi connectivity index (χ4v) is 20.6. The van der Waals surface area contributed by atoms with Gasteiger partial charge in [0.05, 0.1) is 21.7 Å². The zero-order valence-electron chi connectivity index (χ0n) is 72.4. The summed E-state index contributed by atoms with van der Waals surface area (Å²) in [5.74, 6) is 7.71. The maximum Gasteiger partial charge on any atom is 0.135 e. The number of fused-ring (bicyclic) bond motifs is 36. The van der Waals surface area contributed by atoms with Gasteiger partial charge in [-0.25, -0.2) is 0 Å². The average Bonchev–Trinajstić information content (AvgIpc) is 1.56. The first-order valence-corrected chi connectivity index (χ1v) is 44.2. The first kappa shape index (κ1) is 81.5. The quantitative estimate of drug-likeness (QED) is 0.177. The molecule has 0 aromatic heterocycles. The van der Waals surface area contributed by atoms with Crippen molar-refractivity contribution in [2.75, 3.05) is 0 Å². The molecule has 24 rings (SSSR count). The van der Waals surface area contributed by atoms with Crippen LogP contribution < -0.4 is 18.9 Å². The number of ether oxygens (including phenoxy) is 4. The molecule has 0 amide bonds. The summed E-state index contributed by atoms with van der Waals surface area (Å²) < 4.78 is 25.7. The van der Waals surface area contributed by atoms with Crippen molar-refractivity contribution in [1.29, 1.82) is 0 Å². The maximum absolute atomic E-state index is 6.44. The van der Waals surface area contributed by atoms with Crippen LogP contribution in [0.5, 0.6) is 46.0 Å². The zero-order valence-corrected chi connectivity index (χ0v) is 72.4. The minimum Gasteiger partial charge on any atom is -0.457 e. The van der Waals surface area contributed by atoms with Gasteiger partial charge in [-0.3, -0.25) is 0 Å². The van der Waals surface area contributed by atoms with Crippen LogP contribution in [-0.2, 0) is 40.9 Å². The molecule has 0 saturated carbocycles. The number of aryl methyl sites for hydroxylation is 4. The summed E-state index contributed by atoms with van der Waals surface area (Å²) in [4.78, 5) is 0. The second-order valence-corrected chi connectivity index (χ2v) is 30.2.